The molecule has 21 rings (SSSR count). The van der Waals surface area contributed by atoms with E-state index in [4.69, 9.17) is 26.6 Å². The molecule has 0 saturated carbocycles. The molecule has 0 aliphatic carbocycles. The third-order valence-corrected chi connectivity index (χ3v) is 20.3. The number of nitrogens with zero attached hydrogens (tertiary/aromatic N) is 9. The van der Waals surface area contributed by atoms with Crippen LogP contribution in [0, 0.1) is 3.57 Å². The lowest BCUT2D eigenvalue weighted by Gasteiger charge is -2.11. The number of benzene rings is 12. The number of fused-ring (bicyclic) bond motifs is 21. The van der Waals surface area contributed by atoms with Crippen molar-refractivity contribution < 1.29 is 0 Å². The predicted molar refractivity (Wildman–Crippen MR) is 406 cm³/mol. The Morgan fingerprint density at radius 2 is 0.729 bits per heavy atom. The van der Waals surface area contributed by atoms with Crippen molar-refractivity contribution in [1.82, 2.24) is 47.6 Å². The topological polar surface area (TPSA) is 91.5 Å². The van der Waals surface area contributed by atoms with Crippen LogP contribution in [0.2, 0.25) is 5.15 Å². The van der Waals surface area contributed by atoms with Crippen molar-refractivity contribution in [3.8, 4) is 34.1 Å². The lowest BCUT2D eigenvalue weighted by Crippen LogP contribution is -1.96. The fourth-order valence-corrected chi connectivity index (χ4v) is 15.1. The fourth-order valence-electron chi connectivity index (χ4n) is 14.6. The lowest BCUT2D eigenvalue weighted by atomic mass is 10.0. The van der Waals surface area contributed by atoms with Crippen LogP contribution < -0.4 is 0 Å². The summed E-state index contributed by atoms with van der Waals surface area (Å²) in [6.45, 7) is 0. The van der Waals surface area contributed by atoms with Gasteiger partial charge in [-0.2, -0.15) is 0 Å². The Morgan fingerprint density at radius 3 is 1.27 bits per heavy atom. The van der Waals surface area contributed by atoms with Crippen LogP contribution in [0.1, 0.15) is 0 Å². The molecule has 96 heavy (non-hydrogen) atoms. The summed E-state index contributed by atoms with van der Waals surface area (Å²) in [6, 6.07) is 106. The number of rotatable bonds is 5. The van der Waals surface area contributed by atoms with Gasteiger partial charge in [-0.05, 0) is 174 Å². The number of para-hydroxylation sites is 10. The van der Waals surface area contributed by atoms with Gasteiger partial charge in [0.1, 0.15) is 16.6 Å². The van der Waals surface area contributed by atoms with E-state index in [9.17, 15) is 0 Å². The maximum atomic E-state index is 5.59. The maximum absolute atomic E-state index is 5.59. The molecule has 0 saturated heterocycles. The molecule has 0 spiro atoms. The standard InChI is InChI=1S/C42H25N5.C37H24N4.C5H3ClIN/c1-3-12-26(13-4-1)45-35-18-9-7-16-28(35)29-22-30-31-23-32-33(24-38(31)46(40(30)25-39(29)45)27-14-5-2-6-15-27)42-44-34-17-8-10-19-36(34)47(42)37-20-11-21-43-41(32)37;1-3-11-25(12-4-1)40-33-18-10-7-15-27(33)29-22-30-28-20-19-24(37-38-31-16-8-9-17-32(31)39-37)21-34(28)41(36(30)23-35(29)40)26-13-5-2-6-14-26;6-5-4(7)2-1-3-8-5/h1-25H;1-23H,(H,38,39);1-3H. The van der Waals surface area contributed by atoms with Crippen LogP contribution >= 0.6 is 34.2 Å². The molecule has 0 atom stereocenters. The Balaban J connectivity index is 0.000000122. The van der Waals surface area contributed by atoms with Crippen molar-refractivity contribution in [3.63, 3.8) is 0 Å². The highest BCUT2D eigenvalue weighted by Crippen LogP contribution is 2.44. The van der Waals surface area contributed by atoms with Crippen molar-refractivity contribution in [1.29, 1.82) is 0 Å². The first-order valence-electron chi connectivity index (χ1n) is 31.9. The van der Waals surface area contributed by atoms with Gasteiger partial charge in [0.15, 0.2) is 0 Å². The third-order valence-electron chi connectivity index (χ3n) is 18.8. The normalized spacial score (nSPS) is 11.9. The van der Waals surface area contributed by atoms with E-state index in [1.165, 1.54) is 70.7 Å². The molecular formula is C84H52ClIN10. The molecule has 12 heteroatoms. The van der Waals surface area contributed by atoms with Gasteiger partial charge in [0.25, 0.3) is 0 Å². The van der Waals surface area contributed by atoms with Crippen LogP contribution in [0.25, 0.3) is 171 Å². The minimum Gasteiger partial charge on any atom is -0.338 e. The van der Waals surface area contributed by atoms with Gasteiger partial charge in [-0.3, -0.25) is 9.38 Å². The summed E-state index contributed by atoms with van der Waals surface area (Å²) in [5, 5.41) is 12.6. The van der Waals surface area contributed by atoms with Crippen LogP contribution in [0.15, 0.2) is 310 Å². The molecule has 0 radical (unpaired) electrons. The maximum Gasteiger partial charge on any atom is 0.146 e. The van der Waals surface area contributed by atoms with Crippen LogP contribution in [-0.4, -0.2) is 47.6 Å². The van der Waals surface area contributed by atoms with Crippen molar-refractivity contribution in [2.24, 2.45) is 0 Å². The predicted octanol–water partition coefficient (Wildman–Crippen LogP) is 22.1. The molecule has 12 aromatic carbocycles. The molecule has 9 heterocycles. The zero-order chi connectivity index (χ0) is 63.5. The molecule has 21 aromatic rings. The molecule has 10 nitrogen and oxygen atoms in total. The summed E-state index contributed by atoms with van der Waals surface area (Å²) in [6.07, 6.45) is 3.57. The fraction of sp³-hybridized carbons (Fsp3) is 0. The Labute approximate surface area is 566 Å². The summed E-state index contributed by atoms with van der Waals surface area (Å²) in [5.41, 5.74) is 22.1. The van der Waals surface area contributed by atoms with Gasteiger partial charge in [0.05, 0.1) is 80.8 Å². The first-order chi connectivity index (χ1) is 47.5. The number of aromatic amines is 1. The smallest absolute Gasteiger partial charge is 0.146 e. The Kier molecular flexibility index (Phi) is 13.0. The average molecular weight is 1360 g/mol. The van der Waals surface area contributed by atoms with Gasteiger partial charge in [0.2, 0.25) is 0 Å². The first-order valence-corrected chi connectivity index (χ1v) is 33.4. The Bertz CT molecular complexity index is 6610. The highest BCUT2D eigenvalue weighted by atomic mass is 127. The summed E-state index contributed by atoms with van der Waals surface area (Å²) >= 11 is 7.72. The molecular weight excluding hydrogens is 1310 g/mol. The summed E-state index contributed by atoms with van der Waals surface area (Å²) in [5.74, 6) is 0.879. The first kappa shape index (κ1) is 55.7. The van der Waals surface area contributed by atoms with Crippen molar-refractivity contribution in [3.05, 3.63) is 318 Å². The summed E-state index contributed by atoms with van der Waals surface area (Å²) in [7, 11) is 0. The number of nitrogens with one attached hydrogen (secondary N) is 1. The largest absolute Gasteiger partial charge is 0.338 e. The number of H-pyrrole nitrogens is 1. The van der Waals surface area contributed by atoms with E-state index in [1.54, 1.807) is 6.20 Å². The van der Waals surface area contributed by atoms with E-state index in [0.717, 1.165) is 104 Å². The average Bonchev–Trinajstić information content (AvgIpc) is 1.53. The number of hydrogen-bond acceptors (Lipinski definition) is 4. The van der Waals surface area contributed by atoms with Gasteiger partial charge < -0.3 is 23.3 Å². The van der Waals surface area contributed by atoms with E-state index in [1.807, 2.05) is 42.6 Å². The SMILES string of the molecule is Clc1ncccc1I.c1ccc(-n2c3ccccc3c3cc4c5cc6c(cc5n(-c5ccccc5)c4cc32)c2nc3ccccc3n2c2cccnc62)cc1.c1ccc(-n2c3ccccc3c3cc4c5ccc(-c6nc7ccccc7[nH]6)cc5n(-c5ccccc5)c4cc32)cc1. The molecule has 1 N–H and O–H groups in total. The second-order valence-corrected chi connectivity index (χ2v) is 25.7. The molecule has 9 aromatic heterocycles. The van der Waals surface area contributed by atoms with Crippen molar-refractivity contribution in [2.75, 3.05) is 0 Å². The highest BCUT2D eigenvalue weighted by Gasteiger charge is 2.24. The van der Waals surface area contributed by atoms with Gasteiger partial charge in [-0.15, -0.1) is 0 Å². The van der Waals surface area contributed by atoms with Gasteiger partial charge in [-0.25, -0.2) is 15.0 Å². The monoisotopic (exact) mass is 1360 g/mol. The van der Waals surface area contributed by atoms with E-state index in [2.05, 4.69) is 316 Å². The van der Waals surface area contributed by atoms with Crippen LogP contribution in [0.4, 0.5) is 0 Å². The second-order valence-electron chi connectivity index (χ2n) is 24.1. The summed E-state index contributed by atoms with van der Waals surface area (Å²) in [4.78, 5) is 22.4. The van der Waals surface area contributed by atoms with Crippen LogP contribution in [0.5, 0.6) is 0 Å². The zero-order valence-electron chi connectivity index (χ0n) is 51.2. The quantitative estimate of drug-likeness (QED) is 0.106. The van der Waals surface area contributed by atoms with E-state index in [-0.39, 0.29) is 0 Å². The second kappa shape index (κ2) is 22.4. The zero-order valence-corrected chi connectivity index (χ0v) is 54.1. The van der Waals surface area contributed by atoms with Crippen molar-refractivity contribution in [2.45, 2.75) is 0 Å². The number of imidazole rings is 2. The minimum atomic E-state index is 0.577. The van der Waals surface area contributed by atoms with Crippen LogP contribution in [-0.2, 0) is 0 Å². The molecule has 452 valence electrons. The van der Waals surface area contributed by atoms with Crippen LogP contribution in [0.3, 0.4) is 0 Å². The lowest BCUT2D eigenvalue weighted by molar-refractivity contribution is 1.16. The van der Waals surface area contributed by atoms with E-state index >= 15 is 0 Å². The van der Waals surface area contributed by atoms with Gasteiger partial charge in [-0.1, -0.05) is 157 Å². The molecule has 0 unspecified atom stereocenters. The highest BCUT2D eigenvalue weighted by molar-refractivity contribution is 14.1. The Hall–Kier alpha value is -11.9. The minimum absolute atomic E-state index is 0.577. The molecule has 0 aliphatic rings. The third kappa shape index (κ3) is 8.84. The molecule has 0 amide bonds. The molecule has 0 bridgehead atoms. The Morgan fingerprint density at radius 1 is 0.302 bits per heavy atom. The molecule has 0 aliphatic heterocycles. The number of pyridine rings is 3. The molecule has 0 fully saturated rings. The van der Waals surface area contributed by atoms with E-state index in [0.29, 0.717) is 5.15 Å². The number of hydrogen-bond donors (Lipinski definition) is 1. The van der Waals surface area contributed by atoms with E-state index < -0.39 is 0 Å². The number of aromatic nitrogens is 10. The van der Waals surface area contributed by atoms with Gasteiger partial charge in [0, 0.05) is 94.6 Å². The summed E-state index contributed by atoms with van der Waals surface area (Å²) < 4.78 is 12.8. The van der Waals surface area contributed by atoms with Gasteiger partial charge >= 0.3 is 0 Å². The number of halogens is 2. The van der Waals surface area contributed by atoms with Crippen molar-refractivity contribution >= 4 is 171 Å².